The van der Waals surface area contributed by atoms with Crippen molar-refractivity contribution in [3.8, 4) is 0 Å². The topological polar surface area (TPSA) is 43.4 Å². The summed E-state index contributed by atoms with van der Waals surface area (Å²) in [5.41, 5.74) is 0. The van der Waals surface area contributed by atoms with Gasteiger partial charge in [-0.1, -0.05) is 13.8 Å². The summed E-state index contributed by atoms with van der Waals surface area (Å²) >= 11 is 1.38. The summed E-state index contributed by atoms with van der Waals surface area (Å²) in [6, 6.07) is 0. The number of carbonyl (C=O) groups excluding carboxylic acids is 2. The summed E-state index contributed by atoms with van der Waals surface area (Å²) in [7, 11) is 1.36. The monoisotopic (exact) mass is 218 g/mol. The molecule has 0 aromatic heterocycles. The summed E-state index contributed by atoms with van der Waals surface area (Å²) in [6.45, 7) is 3.94. The second kappa shape index (κ2) is 7.85. The van der Waals surface area contributed by atoms with Crippen molar-refractivity contribution in [1.29, 1.82) is 0 Å². The van der Waals surface area contributed by atoms with Crippen LogP contribution < -0.4 is 0 Å². The summed E-state index contributed by atoms with van der Waals surface area (Å²) < 4.78 is 4.51. The molecule has 0 radical (unpaired) electrons. The molecule has 0 aliphatic rings. The van der Waals surface area contributed by atoms with Gasteiger partial charge in [0.25, 0.3) is 0 Å². The number of hydrogen-bond donors (Lipinski definition) is 0. The molecule has 3 nitrogen and oxygen atoms in total. The summed E-state index contributed by atoms with van der Waals surface area (Å²) in [6.07, 6.45) is 2.25. The Morgan fingerprint density at radius 3 is 2.43 bits per heavy atom. The van der Waals surface area contributed by atoms with Gasteiger partial charge in [0.2, 0.25) is 0 Å². The van der Waals surface area contributed by atoms with Crippen LogP contribution in [-0.4, -0.2) is 29.9 Å². The molecule has 0 saturated carbocycles. The highest BCUT2D eigenvalue weighted by atomic mass is 32.2. The normalized spacial score (nSPS) is 12.2. The summed E-state index contributed by atoms with van der Waals surface area (Å²) in [5.74, 6) is 0.242. The molecule has 0 amide bonds. The Kier molecular flexibility index (Phi) is 7.57. The SMILES string of the molecule is CCCC(=O)C(CC)SCC(=O)OC. The van der Waals surface area contributed by atoms with Crippen LogP contribution in [0.15, 0.2) is 0 Å². The summed E-state index contributed by atoms with van der Waals surface area (Å²) in [5, 5.41) is -0.0472. The first-order chi connectivity index (χ1) is 6.65. The highest BCUT2D eigenvalue weighted by molar-refractivity contribution is 8.01. The number of hydrogen-bond acceptors (Lipinski definition) is 4. The van der Waals surface area contributed by atoms with Gasteiger partial charge in [-0.25, -0.2) is 0 Å². The quantitative estimate of drug-likeness (QED) is 0.613. The molecule has 0 rings (SSSR count). The van der Waals surface area contributed by atoms with E-state index in [1.807, 2.05) is 13.8 Å². The molecular formula is C10H18O3S. The van der Waals surface area contributed by atoms with E-state index in [1.54, 1.807) is 0 Å². The Labute approximate surface area is 89.6 Å². The van der Waals surface area contributed by atoms with Crippen molar-refractivity contribution >= 4 is 23.5 Å². The van der Waals surface area contributed by atoms with Crippen molar-refractivity contribution in [3.05, 3.63) is 0 Å². The molecule has 0 heterocycles. The lowest BCUT2D eigenvalue weighted by Crippen LogP contribution is -2.18. The van der Waals surface area contributed by atoms with Crippen LogP contribution in [-0.2, 0) is 14.3 Å². The maximum atomic E-state index is 11.5. The van der Waals surface area contributed by atoms with Crippen molar-refractivity contribution in [2.45, 2.75) is 38.4 Å². The van der Waals surface area contributed by atoms with Gasteiger partial charge in [0, 0.05) is 6.42 Å². The Hall–Kier alpha value is -0.510. The van der Waals surface area contributed by atoms with Gasteiger partial charge in [0.05, 0.1) is 18.1 Å². The third-order valence-electron chi connectivity index (χ3n) is 1.86. The van der Waals surface area contributed by atoms with Crippen molar-refractivity contribution in [1.82, 2.24) is 0 Å². The first kappa shape index (κ1) is 13.5. The zero-order valence-electron chi connectivity index (χ0n) is 9.04. The Balaban J connectivity index is 3.90. The molecule has 0 saturated heterocycles. The van der Waals surface area contributed by atoms with E-state index in [1.165, 1.54) is 18.9 Å². The van der Waals surface area contributed by atoms with Crippen LogP contribution in [0.5, 0.6) is 0 Å². The Morgan fingerprint density at radius 1 is 1.36 bits per heavy atom. The van der Waals surface area contributed by atoms with Crippen LogP contribution in [0.4, 0.5) is 0 Å². The number of carbonyl (C=O) groups is 2. The molecule has 0 aliphatic carbocycles. The van der Waals surface area contributed by atoms with Crippen molar-refractivity contribution in [3.63, 3.8) is 0 Å². The molecule has 0 fully saturated rings. The number of methoxy groups -OCH3 is 1. The number of Topliss-reactive ketones (excluding diaryl/α,β-unsaturated/α-hetero) is 1. The molecule has 0 N–H and O–H groups in total. The molecular weight excluding hydrogens is 200 g/mol. The van der Waals surface area contributed by atoms with Crippen LogP contribution in [0.3, 0.4) is 0 Å². The minimum Gasteiger partial charge on any atom is -0.468 e. The molecule has 82 valence electrons. The maximum Gasteiger partial charge on any atom is 0.315 e. The van der Waals surface area contributed by atoms with E-state index in [2.05, 4.69) is 4.74 Å². The van der Waals surface area contributed by atoms with Gasteiger partial charge < -0.3 is 4.74 Å². The predicted octanol–water partition coefficient (Wildman–Crippen LogP) is 2.04. The number of thioether (sulfide) groups is 1. The van der Waals surface area contributed by atoms with E-state index < -0.39 is 0 Å². The third-order valence-corrected chi connectivity index (χ3v) is 3.26. The second-order valence-corrected chi connectivity index (χ2v) is 4.19. The van der Waals surface area contributed by atoms with Gasteiger partial charge in [-0.2, -0.15) is 0 Å². The fourth-order valence-corrected chi connectivity index (χ4v) is 2.07. The molecule has 0 aromatic rings. The predicted molar refractivity (Wildman–Crippen MR) is 58.5 cm³/mol. The largest absolute Gasteiger partial charge is 0.468 e. The third kappa shape index (κ3) is 5.27. The zero-order chi connectivity index (χ0) is 11.0. The number of rotatable bonds is 7. The van der Waals surface area contributed by atoms with Crippen LogP contribution in [0.2, 0.25) is 0 Å². The average molecular weight is 218 g/mol. The Bertz CT molecular complexity index is 192. The van der Waals surface area contributed by atoms with E-state index in [0.29, 0.717) is 6.42 Å². The first-order valence-electron chi connectivity index (χ1n) is 4.86. The van der Waals surface area contributed by atoms with Gasteiger partial charge in [0.1, 0.15) is 5.78 Å². The highest BCUT2D eigenvalue weighted by Gasteiger charge is 2.17. The lowest BCUT2D eigenvalue weighted by atomic mass is 10.1. The van der Waals surface area contributed by atoms with Gasteiger partial charge in [-0.3, -0.25) is 9.59 Å². The van der Waals surface area contributed by atoms with E-state index in [9.17, 15) is 9.59 Å². The minimum atomic E-state index is -0.266. The van der Waals surface area contributed by atoms with Crippen LogP contribution in [0.1, 0.15) is 33.1 Å². The lowest BCUT2D eigenvalue weighted by Gasteiger charge is -2.11. The fraction of sp³-hybridized carbons (Fsp3) is 0.800. The number of ketones is 1. The number of esters is 1. The van der Waals surface area contributed by atoms with E-state index in [4.69, 9.17) is 0 Å². The smallest absolute Gasteiger partial charge is 0.315 e. The molecule has 0 aliphatic heterocycles. The molecule has 0 aromatic carbocycles. The molecule has 14 heavy (non-hydrogen) atoms. The molecule has 0 bridgehead atoms. The standard InChI is InChI=1S/C10H18O3S/c1-4-6-8(11)9(5-2)14-7-10(12)13-3/h9H,4-7H2,1-3H3. The van der Waals surface area contributed by atoms with E-state index in [0.717, 1.165) is 12.8 Å². The summed E-state index contributed by atoms with van der Waals surface area (Å²) in [4.78, 5) is 22.4. The zero-order valence-corrected chi connectivity index (χ0v) is 9.86. The first-order valence-corrected chi connectivity index (χ1v) is 5.91. The van der Waals surface area contributed by atoms with Crippen LogP contribution in [0.25, 0.3) is 0 Å². The van der Waals surface area contributed by atoms with Gasteiger partial charge in [0.15, 0.2) is 0 Å². The molecule has 0 spiro atoms. The van der Waals surface area contributed by atoms with Crippen molar-refractivity contribution < 1.29 is 14.3 Å². The minimum absolute atomic E-state index is 0.0472. The molecule has 1 atom stereocenters. The van der Waals surface area contributed by atoms with Crippen molar-refractivity contribution in [2.24, 2.45) is 0 Å². The van der Waals surface area contributed by atoms with Crippen LogP contribution in [0, 0.1) is 0 Å². The van der Waals surface area contributed by atoms with E-state index >= 15 is 0 Å². The lowest BCUT2D eigenvalue weighted by molar-refractivity contribution is -0.137. The highest BCUT2D eigenvalue weighted by Crippen LogP contribution is 2.17. The van der Waals surface area contributed by atoms with Crippen molar-refractivity contribution in [2.75, 3.05) is 12.9 Å². The van der Waals surface area contributed by atoms with Crippen LogP contribution >= 0.6 is 11.8 Å². The van der Waals surface area contributed by atoms with E-state index in [-0.39, 0.29) is 22.8 Å². The maximum absolute atomic E-state index is 11.5. The van der Waals surface area contributed by atoms with Gasteiger partial charge >= 0.3 is 5.97 Å². The van der Waals surface area contributed by atoms with Gasteiger partial charge in [-0.15, -0.1) is 11.8 Å². The fourth-order valence-electron chi connectivity index (χ4n) is 1.07. The molecule has 1 unspecified atom stereocenters. The average Bonchev–Trinajstić information content (AvgIpc) is 2.18. The Morgan fingerprint density at radius 2 is 2.00 bits per heavy atom. The van der Waals surface area contributed by atoms with Gasteiger partial charge in [-0.05, 0) is 12.8 Å². The number of ether oxygens (including phenoxy) is 1. The second-order valence-electron chi connectivity index (χ2n) is 3.00. The molecule has 4 heteroatoms.